The van der Waals surface area contributed by atoms with Gasteiger partial charge in [0.25, 0.3) is 0 Å². The largest absolute Gasteiger partial charge is 0.390 e. The number of hydrogen-bond donors (Lipinski definition) is 3. The number of benzene rings is 2. The minimum atomic E-state index is -1.00. The lowest BCUT2D eigenvalue weighted by Crippen LogP contribution is -2.58. The number of thioether (sulfide) groups is 1. The second kappa shape index (κ2) is 8.90. The van der Waals surface area contributed by atoms with Crippen molar-refractivity contribution < 1.29 is 15.0 Å². The van der Waals surface area contributed by atoms with Gasteiger partial charge >= 0.3 is 0 Å². The third kappa shape index (κ3) is 4.42. The predicted molar refractivity (Wildman–Crippen MR) is 124 cm³/mol. The van der Waals surface area contributed by atoms with Crippen molar-refractivity contribution in [1.82, 2.24) is 4.90 Å². The Morgan fingerprint density at radius 3 is 2.45 bits per heavy atom. The first-order valence-corrected chi connectivity index (χ1v) is 11.2. The number of nitrogens with zero attached hydrogens (tertiary/aromatic N) is 3. The van der Waals surface area contributed by atoms with Gasteiger partial charge in [0, 0.05) is 31.6 Å². The summed E-state index contributed by atoms with van der Waals surface area (Å²) in [5.74, 6) is -0.986. The van der Waals surface area contributed by atoms with Crippen molar-refractivity contribution in [1.29, 1.82) is 0 Å². The molecule has 31 heavy (non-hydrogen) atoms. The van der Waals surface area contributed by atoms with E-state index in [4.69, 9.17) is 10.7 Å². The fourth-order valence-corrected chi connectivity index (χ4v) is 5.86. The number of amides is 1. The number of carbonyl (C=O) groups excluding carboxylic acids is 1. The summed E-state index contributed by atoms with van der Waals surface area (Å²) in [6, 6.07) is 17.3. The van der Waals surface area contributed by atoms with Crippen molar-refractivity contribution in [2.24, 2.45) is 16.6 Å². The van der Waals surface area contributed by atoms with E-state index in [9.17, 15) is 15.0 Å². The topological polar surface area (TPSA) is 102 Å². The fourth-order valence-electron chi connectivity index (χ4n) is 4.28. The summed E-state index contributed by atoms with van der Waals surface area (Å²) in [4.78, 5) is 21.0. The SMILES string of the molecule is CN(C)c1ccc(N=C2S[C@H]3[C@H]([C@@H](O)[C@H](O)C[C@@H]3C(N)=O)N2Cc2ccccc2)cc1. The molecule has 2 fully saturated rings. The van der Waals surface area contributed by atoms with E-state index >= 15 is 0 Å². The van der Waals surface area contributed by atoms with Crippen LogP contribution in [0, 0.1) is 5.92 Å². The number of nitrogens with two attached hydrogens (primary N) is 1. The summed E-state index contributed by atoms with van der Waals surface area (Å²) < 4.78 is 0. The average Bonchev–Trinajstić information content (AvgIpc) is 3.09. The van der Waals surface area contributed by atoms with Gasteiger partial charge in [0.1, 0.15) is 6.10 Å². The molecule has 2 aromatic carbocycles. The highest BCUT2D eigenvalue weighted by Gasteiger charge is 2.54. The highest BCUT2D eigenvalue weighted by Crippen LogP contribution is 2.45. The van der Waals surface area contributed by atoms with Gasteiger partial charge in [-0.15, -0.1) is 0 Å². The van der Waals surface area contributed by atoms with Crippen LogP contribution in [0.1, 0.15) is 12.0 Å². The van der Waals surface area contributed by atoms with Crippen molar-refractivity contribution in [2.45, 2.75) is 36.5 Å². The Bertz CT molecular complexity index is 951. The number of fused-ring (bicyclic) bond motifs is 1. The zero-order valence-electron chi connectivity index (χ0n) is 17.6. The molecule has 1 saturated carbocycles. The van der Waals surface area contributed by atoms with E-state index in [2.05, 4.69) is 0 Å². The summed E-state index contributed by atoms with van der Waals surface area (Å²) in [5.41, 5.74) is 8.58. The van der Waals surface area contributed by atoms with Crippen molar-refractivity contribution >= 4 is 34.2 Å². The van der Waals surface area contributed by atoms with Gasteiger partial charge in [-0.05, 0) is 36.2 Å². The zero-order valence-corrected chi connectivity index (χ0v) is 18.4. The van der Waals surface area contributed by atoms with Crippen LogP contribution in [0.2, 0.25) is 0 Å². The maximum atomic E-state index is 12.1. The van der Waals surface area contributed by atoms with E-state index in [-0.39, 0.29) is 11.7 Å². The number of carbonyl (C=O) groups is 1. The van der Waals surface area contributed by atoms with Gasteiger partial charge in [-0.2, -0.15) is 0 Å². The molecule has 2 aliphatic rings. The predicted octanol–water partition coefficient (Wildman–Crippen LogP) is 1.95. The van der Waals surface area contributed by atoms with Crippen molar-refractivity contribution in [3.63, 3.8) is 0 Å². The molecule has 4 rings (SSSR count). The molecule has 5 atom stereocenters. The van der Waals surface area contributed by atoms with Crippen molar-refractivity contribution in [2.75, 3.05) is 19.0 Å². The number of rotatable bonds is 5. The van der Waals surface area contributed by atoms with E-state index < -0.39 is 30.1 Å². The van der Waals surface area contributed by atoms with Gasteiger partial charge in [0.05, 0.1) is 23.8 Å². The van der Waals surface area contributed by atoms with E-state index in [1.54, 1.807) is 0 Å². The number of primary amides is 1. The molecule has 0 aromatic heterocycles. The average molecular weight is 441 g/mol. The molecule has 0 unspecified atom stereocenters. The number of aliphatic hydroxyl groups excluding tert-OH is 2. The molecule has 0 bridgehead atoms. The van der Waals surface area contributed by atoms with Crippen molar-refractivity contribution in [3.05, 3.63) is 60.2 Å². The normalized spacial score (nSPS) is 29.1. The Morgan fingerprint density at radius 2 is 1.84 bits per heavy atom. The third-order valence-corrected chi connectivity index (χ3v) is 7.39. The van der Waals surface area contributed by atoms with Gasteiger partial charge in [-0.1, -0.05) is 42.1 Å². The first-order chi connectivity index (χ1) is 14.8. The smallest absolute Gasteiger partial charge is 0.221 e. The minimum Gasteiger partial charge on any atom is -0.390 e. The molecule has 1 aliphatic heterocycles. The molecule has 1 saturated heterocycles. The maximum absolute atomic E-state index is 12.1. The monoisotopic (exact) mass is 440 g/mol. The van der Waals surface area contributed by atoms with Crippen LogP contribution in [0.25, 0.3) is 0 Å². The molecule has 7 nitrogen and oxygen atoms in total. The first-order valence-electron chi connectivity index (χ1n) is 10.3. The standard InChI is InChI=1S/C23H28N4O3S/c1-26(2)16-10-8-15(9-11-16)25-23-27(13-14-6-4-3-5-7-14)19-20(29)18(28)12-17(22(24)30)21(19)31-23/h3-11,17-21,28-29H,12-13H2,1-2H3,(H2,24,30)/t17-,18+,19-,20-,21+/m0/s1. The van der Waals surface area contributed by atoms with Crippen LogP contribution >= 0.6 is 11.8 Å². The fraction of sp³-hybridized carbons (Fsp3) is 0.391. The quantitative estimate of drug-likeness (QED) is 0.657. The van der Waals surface area contributed by atoms with E-state index in [1.807, 2.05) is 78.5 Å². The molecular formula is C23H28N4O3S. The van der Waals surface area contributed by atoms with Gasteiger partial charge in [0.15, 0.2) is 5.17 Å². The third-order valence-electron chi connectivity index (χ3n) is 5.97. The molecule has 8 heteroatoms. The molecule has 0 spiro atoms. The van der Waals surface area contributed by atoms with Gasteiger partial charge in [-0.25, -0.2) is 4.99 Å². The second-order valence-corrected chi connectivity index (χ2v) is 9.44. The van der Waals surface area contributed by atoms with Crippen LogP contribution in [0.3, 0.4) is 0 Å². The Balaban J connectivity index is 1.72. The number of hydrogen-bond acceptors (Lipinski definition) is 6. The summed E-state index contributed by atoms with van der Waals surface area (Å²) in [6.07, 6.45) is -1.83. The van der Waals surface area contributed by atoms with Gasteiger partial charge in [0.2, 0.25) is 5.91 Å². The minimum absolute atomic E-state index is 0.161. The number of aliphatic hydroxyl groups is 2. The Labute approximate surface area is 186 Å². The highest BCUT2D eigenvalue weighted by molar-refractivity contribution is 8.14. The first kappa shape index (κ1) is 21.7. The molecule has 4 N–H and O–H groups in total. The summed E-state index contributed by atoms with van der Waals surface area (Å²) in [7, 11) is 3.97. The van der Waals surface area contributed by atoms with Crippen LogP contribution < -0.4 is 10.6 Å². The second-order valence-electron chi connectivity index (χ2n) is 8.29. The van der Waals surface area contributed by atoms with Gasteiger partial charge < -0.3 is 25.7 Å². The summed E-state index contributed by atoms with van der Waals surface area (Å²) >= 11 is 1.46. The molecule has 1 amide bonds. The summed E-state index contributed by atoms with van der Waals surface area (Å²) in [5, 5.41) is 21.8. The number of amidine groups is 1. The number of anilines is 1. The molecule has 0 radical (unpaired) electrons. The van der Waals surface area contributed by atoms with Crippen molar-refractivity contribution in [3.8, 4) is 0 Å². The molecular weight excluding hydrogens is 412 g/mol. The van der Waals surface area contributed by atoms with Crippen LogP contribution in [0.4, 0.5) is 11.4 Å². The molecule has 2 aromatic rings. The number of aliphatic imine (C=N–C) groups is 1. The van der Waals surface area contributed by atoms with E-state index in [1.165, 1.54) is 11.8 Å². The maximum Gasteiger partial charge on any atom is 0.221 e. The molecule has 164 valence electrons. The highest BCUT2D eigenvalue weighted by atomic mass is 32.2. The molecule has 1 heterocycles. The Morgan fingerprint density at radius 1 is 1.16 bits per heavy atom. The zero-order chi connectivity index (χ0) is 22.1. The van der Waals surface area contributed by atoms with Crippen LogP contribution in [-0.2, 0) is 11.3 Å². The Hall–Kier alpha value is -2.55. The van der Waals surface area contributed by atoms with Crippen LogP contribution in [0.15, 0.2) is 59.6 Å². The van der Waals surface area contributed by atoms with Gasteiger partial charge in [-0.3, -0.25) is 4.79 Å². The van der Waals surface area contributed by atoms with E-state index in [0.29, 0.717) is 6.54 Å². The van der Waals surface area contributed by atoms with E-state index in [0.717, 1.165) is 22.1 Å². The lowest BCUT2D eigenvalue weighted by molar-refractivity contribution is -0.128. The molecule has 1 aliphatic carbocycles. The lowest BCUT2D eigenvalue weighted by atomic mass is 9.80. The Kier molecular flexibility index (Phi) is 6.22. The summed E-state index contributed by atoms with van der Waals surface area (Å²) in [6.45, 7) is 0.513. The van der Waals surface area contributed by atoms with Crippen LogP contribution in [-0.4, -0.2) is 63.8 Å². The van der Waals surface area contributed by atoms with Crippen LogP contribution in [0.5, 0.6) is 0 Å². The lowest BCUT2D eigenvalue weighted by Gasteiger charge is -2.41.